The summed E-state index contributed by atoms with van der Waals surface area (Å²) in [5.74, 6) is 0.703. The lowest BCUT2D eigenvalue weighted by Gasteiger charge is -2.31. The Balaban J connectivity index is 1.72. The molecule has 0 aromatic rings. The molecule has 0 bridgehead atoms. The molecule has 1 saturated heterocycles. The molecule has 2 fully saturated rings. The molecule has 1 aliphatic heterocycles. The minimum Gasteiger partial charge on any atom is -0.466 e. The summed E-state index contributed by atoms with van der Waals surface area (Å²) in [6, 6.07) is 0. The zero-order valence-corrected chi connectivity index (χ0v) is 11.2. The van der Waals surface area contributed by atoms with E-state index in [2.05, 4.69) is 4.90 Å². The van der Waals surface area contributed by atoms with Crippen LogP contribution in [0.15, 0.2) is 0 Å². The van der Waals surface area contributed by atoms with Crippen LogP contribution in [0.25, 0.3) is 0 Å². The van der Waals surface area contributed by atoms with Crippen molar-refractivity contribution >= 4 is 11.8 Å². The molecule has 1 atom stereocenters. The summed E-state index contributed by atoms with van der Waals surface area (Å²) in [5, 5.41) is 0. The fourth-order valence-corrected chi connectivity index (χ4v) is 2.59. The molecule has 0 N–H and O–H groups in total. The van der Waals surface area contributed by atoms with Crippen LogP contribution in [0, 0.1) is 11.8 Å². The van der Waals surface area contributed by atoms with E-state index in [0.29, 0.717) is 24.7 Å². The molecule has 102 valence electrons. The van der Waals surface area contributed by atoms with E-state index in [1.165, 1.54) is 0 Å². The number of hydrogen-bond acceptors (Lipinski definition) is 4. The average molecular weight is 253 g/mol. The van der Waals surface area contributed by atoms with Gasteiger partial charge in [-0.1, -0.05) is 0 Å². The number of Topliss-reactive ketones (excluding diaryl/α,β-unsaturated/α-hetero) is 1. The Morgan fingerprint density at radius 1 is 1.22 bits per heavy atom. The maximum absolute atomic E-state index is 11.7. The van der Waals surface area contributed by atoms with Gasteiger partial charge in [0, 0.05) is 25.4 Å². The molecular weight excluding hydrogens is 230 g/mol. The molecule has 0 aromatic heterocycles. The smallest absolute Gasteiger partial charge is 0.310 e. The van der Waals surface area contributed by atoms with Crippen molar-refractivity contribution in [1.29, 1.82) is 0 Å². The monoisotopic (exact) mass is 253 g/mol. The van der Waals surface area contributed by atoms with Crippen molar-refractivity contribution in [3.8, 4) is 0 Å². The minimum absolute atomic E-state index is 0.00901. The second kappa shape index (κ2) is 6.32. The van der Waals surface area contributed by atoms with Gasteiger partial charge in [-0.3, -0.25) is 9.59 Å². The molecule has 0 radical (unpaired) electrons. The van der Waals surface area contributed by atoms with Gasteiger partial charge in [0.2, 0.25) is 0 Å². The van der Waals surface area contributed by atoms with E-state index < -0.39 is 0 Å². The van der Waals surface area contributed by atoms with Crippen molar-refractivity contribution in [2.45, 2.75) is 39.0 Å². The van der Waals surface area contributed by atoms with Crippen molar-refractivity contribution in [3.05, 3.63) is 0 Å². The standard InChI is InChI=1S/C14H23NO3/c1-2-18-14(17)12-4-3-8-15(10-12)9-7-13(16)11-5-6-11/h11-12H,2-10H2,1H3. The molecule has 1 heterocycles. The Kier molecular flexibility index (Phi) is 4.75. The lowest BCUT2D eigenvalue weighted by Crippen LogP contribution is -2.40. The van der Waals surface area contributed by atoms with Crippen molar-refractivity contribution in [2.75, 3.05) is 26.2 Å². The van der Waals surface area contributed by atoms with E-state index in [0.717, 1.165) is 45.3 Å². The molecule has 2 rings (SSSR count). The highest BCUT2D eigenvalue weighted by Crippen LogP contribution is 2.31. The van der Waals surface area contributed by atoms with E-state index in [4.69, 9.17) is 4.74 Å². The normalized spacial score (nSPS) is 24.8. The van der Waals surface area contributed by atoms with Crippen LogP contribution in [0.4, 0.5) is 0 Å². The van der Waals surface area contributed by atoms with E-state index in [1.54, 1.807) is 0 Å². The summed E-state index contributed by atoms with van der Waals surface area (Å²) in [7, 11) is 0. The van der Waals surface area contributed by atoms with Crippen LogP contribution in [0.1, 0.15) is 39.0 Å². The Morgan fingerprint density at radius 2 is 2.00 bits per heavy atom. The van der Waals surface area contributed by atoms with Gasteiger partial charge in [0.15, 0.2) is 0 Å². The number of likely N-dealkylation sites (tertiary alicyclic amines) is 1. The first kappa shape index (κ1) is 13.5. The first-order valence-corrected chi connectivity index (χ1v) is 7.12. The fourth-order valence-electron chi connectivity index (χ4n) is 2.59. The maximum Gasteiger partial charge on any atom is 0.310 e. The number of rotatable bonds is 6. The van der Waals surface area contributed by atoms with Gasteiger partial charge in [-0.2, -0.15) is 0 Å². The Hall–Kier alpha value is -0.900. The Morgan fingerprint density at radius 3 is 2.67 bits per heavy atom. The summed E-state index contributed by atoms with van der Waals surface area (Å²) in [5.41, 5.74) is 0. The quantitative estimate of drug-likeness (QED) is 0.675. The van der Waals surface area contributed by atoms with Crippen LogP contribution in [0.2, 0.25) is 0 Å². The van der Waals surface area contributed by atoms with E-state index >= 15 is 0 Å². The molecule has 2 aliphatic rings. The molecule has 0 amide bonds. The predicted molar refractivity (Wildman–Crippen MR) is 68.1 cm³/mol. The first-order chi connectivity index (χ1) is 8.70. The lowest BCUT2D eigenvalue weighted by atomic mass is 9.98. The maximum atomic E-state index is 11.7. The lowest BCUT2D eigenvalue weighted by molar-refractivity contribution is -0.149. The highest BCUT2D eigenvalue weighted by atomic mass is 16.5. The zero-order valence-electron chi connectivity index (χ0n) is 11.2. The summed E-state index contributed by atoms with van der Waals surface area (Å²) < 4.78 is 5.07. The number of ketones is 1. The summed E-state index contributed by atoms with van der Waals surface area (Å²) in [4.78, 5) is 25.6. The number of hydrogen-bond donors (Lipinski definition) is 0. The summed E-state index contributed by atoms with van der Waals surface area (Å²) in [6.45, 7) is 4.87. The third-order valence-corrected chi connectivity index (χ3v) is 3.83. The van der Waals surface area contributed by atoms with E-state index in [1.807, 2.05) is 6.92 Å². The summed E-state index contributed by atoms with van der Waals surface area (Å²) in [6.07, 6.45) is 4.78. The highest BCUT2D eigenvalue weighted by molar-refractivity contribution is 5.83. The Bertz CT molecular complexity index is 312. The van der Waals surface area contributed by atoms with Gasteiger partial charge in [-0.25, -0.2) is 0 Å². The third-order valence-electron chi connectivity index (χ3n) is 3.83. The molecule has 0 aromatic carbocycles. The number of carbonyl (C=O) groups excluding carboxylic acids is 2. The van der Waals surface area contributed by atoms with E-state index in [9.17, 15) is 9.59 Å². The first-order valence-electron chi connectivity index (χ1n) is 7.12. The molecule has 18 heavy (non-hydrogen) atoms. The van der Waals surface area contributed by atoms with Crippen LogP contribution in [0.5, 0.6) is 0 Å². The zero-order chi connectivity index (χ0) is 13.0. The molecule has 1 unspecified atom stereocenters. The number of nitrogens with zero attached hydrogens (tertiary/aromatic N) is 1. The van der Waals surface area contributed by atoms with Crippen LogP contribution < -0.4 is 0 Å². The average Bonchev–Trinajstić information content (AvgIpc) is 3.21. The predicted octanol–water partition coefficient (Wildman–Crippen LogP) is 1.63. The van der Waals surface area contributed by atoms with Gasteiger partial charge in [0.05, 0.1) is 12.5 Å². The minimum atomic E-state index is -0.0734. The number of carbonyl (C=O) groups is 2. The molecule has 0 spiro atoms. The van der Waals surface area contributed by atoms with Gasteiger partial charge < -0.3 is 9.64 Å². The second-order valence-electron chi connectivity index (χ2n) is 5.38. The SMILES string of the molecule is CCOC(=O)C1CCCN(CCC(=O)C2CC2)C1. The molecular formula is C14H23NO3. The third kappa shape index (κ3) is 3.80. The van der Waals surface area contributed by atoms with Crippen LogP contribution in [0.3, 0.4) is 0 Å². The van der Waals surface area contributed by atoms with Crippen molar-refractivity contribution in [1.82, 2.24) is 4.90 Å². The van der Waals surface area contributed by atoms with Crippen molar-refractivity contribution < 1.29 is 14.3 Å². The van der Waals surface area contributed by atoms with Gasteiger partial charge in [-0.15, -0.1) is 0 Å². The molecule has 4 heteroatoms. The van der Waals surface area contributed by atoms with Gasteiger partial charge in [0.25, 0.3) is 0 Å². The van der Waals surface area contributed by atoms with Crippen LogP contribution in [-0.4, -0.2) is 42.9 Å². The molecule has 1 aliphatic carbocycles. The number of esters is 1. The Labute approximate surface area is 109 Å². The molecule has 1 saturated carbocycles. The van der Waals surface area contributed by atoms with Gasteiger partial charge in [-0.05, 0) is 39.2 Å². The second-order valence-corrected chi connectivity index (χ2v) is 5.38. The van der Waals surface area contributed by atoms with Gasteiger partial charge in [0.1, 0.15) is 5.78 Å². The van der Waals surface area contributed by atoms with E-state index in [-0.39, 0.29) is 11.9 Å². The molecule has 4 nitrogen and oxygen atoms in total. The van der Waals surface area contributed by atoms with Crippen molar-refractivity contribution in [3.63, 3.8) is 0 Å². The summed E-state index contributed by atoms with van der Waals surface area (Å²) >= 11 is 0. The van der Waals surface area contributed by atoms with Crippen molar-refractivity contribution in [2.24, 2.45) is 11.8 Å². The topological polar surface area (TPSA) is 46.6 Å². The largest absolute Gasteiger partial charge is 0.466 e. The van der Waals surface area contributed by atoms with Crippen LogP contribution >= 0.6 is 0 Å². The number of ether oxygens (including phenoxy) is 1. The highest BCUT2D eigenvalue weighted by Gasteiger charge is 2.31. The van der Waals surface area contributed by atoms with Crippen LogP contribution in [-0.2, 0) is 14.3 Å². The number of piperidine rings is 1. The fraction of sp³-hybridized carbons (Fsp3) is 0.857. The van der Waals surface area contributed by atoms with Gasteiger partial charge >= 0.3 is 5.97 Å².